The largest absolute Gasteiger partial charge is 0.495 e. The van der Waals surface area contributed by atoms with E-state index in [-0.39, 0.29) is 119 Å². The molecule has 3 aliphatic rings. The minimum Gasteiger partial charge on any atom is -0.495 e. The number of ether oxygens (including phenoxy) is 9. The van der Waals surface area contributed by atoms with Gasteiger partial charge in [-0.2, -0.15) is 0 Å². The summed E-state index contributed by atoms with van der Waals surface area (Å²) >= 11 is 6.88. The molecule has 8 atom stereocenters. The molecule has 2 saturated heterocycles. The molecule has 800 valence electrons. The number of halogens is 1. The van der Waals surface area contributed by atoms with E-state index in [1.54, 1.807) is 70.0 Å². The summed E-state index contributed by atoms with van der Waals surface area (Å²) in [5, 5.41) is 26.5. The molecule has 0 radical (unpaired) electrons. The Morgan fingerprint density at radius 2 is 1.21 bits per heavy atom. The summed E-state index contributed by atoms with van der Waals surface area (Å²) in [5.74, 6) is 1.39. The van der Waals surface area contributed by atoms with E-state index in [4.69, 9.17) is 64.2 Å². The average Bonchev–Trinajstić information content (AvgIpc) is 1.57. The van der Waals surface area contributed by atoms with Crippen LogP contribution in [-0.4, -0.2) is 242 Å². The normalized spacial score (nSPS) is 18.4. The highest BCUT2D eigenvalue weighted by molar-refractivity contribution is 8.76. The molecule has 35 nitrogen and oxygen atoms in total. The molecule has 0 saturated carbocycles. The van der Waals surface area contributed by atoms with Crippen LogP contribution in [0, 0.1) is 5.92 Å². The number of esters is 1. The Bertz CT molecular complexity index is 5750. The highest BCUT2D eigenvalue weighted by Gasteiger charge is 2.65. The third-order valence-corrected chi connectivity index (χ3v) is 28.9. The maximum atomic E-state index is 14.5. The number of alkyl carbamates (subject to hydrolysis) is 1. The first-order valence-corrected chi connectivity index (χ1v) is 53.9. The number of methoxy groups -OCH3 is 2. The lowest BCUT2D eigenvalue weighted by atomic mass is 9.83. The Morgan fingerprint density at radius 1 is 0.631 bits per heavy atom. The second-order valence-electron chi connectivity index (χ2n) is 38.0. The number of allylic oxidation sites excluding steroid dienone is 3. The molecule has 8 N–H and O–H groups in total. The number of nitrogens with one attached hydrogen (secondary N) is 7. The van der Waals surface area contributed by atoms with Crippen LogP contribution in [0.25, 0.3) is 11.1 Å². The zero-order chi connectivity index (χ0) is 106. The van der Waals surface area contributed by atoms with E-state index in [1.165, 1.54) is 59.6 Å². The SMILES string of the molecule is CCCCCC(=O)Nc1cccc(CN(Cc2cc(CN(Cc3cccc(NC(=O)CCCCC)n3)Cc3ncc[nH]3)cc(OCCCCN(Cc3ccc(-c4ccccc4)cc3)C(=O)COCCOCCOCC(=O)NCc3ccc(CNC(=O)CCSSCCC(=O)N(C)[C@H](C)C(=O)O[C@@H]4CC(=O)N(C)c5cc(cc(OC)c5Cl)C/C(C)=C/C=C/[C@H](OC)[C@]5(O)C[C@@H](OC(=O)N5)[C@H](C)[C@H]5O[C@@]54C)cc3)c2)Cc2ncc[nH]2)n1. The zero-order valence-corrected chi connectivity index (χ0v) is 89.3. The first-order valence-electron chi connectivity index (χ1n) is 51.1. The van der Waals surface area contributed by atoms with Gasteiger partial charge in [0, 0.05) is 148 Å². The molecule has 8 amide bonds. The van der Waals surface area contributed by atoms with Gasteiger partial charge in [0.15, 0.2) is 5.72 Å². The number of amides is 8. The molecule has 12 rings (SSSR count). The van der Waals surface area contributed by atoms with Crippen LogP contribution in [-0.2, 0) is 137 Å². The number of rotatable bonds is 57. The van der Waals surface area contributed by atoms with Crippen molar-refractivity contribution in [3.05, 3.63) is 256 Å². The molecule has 5 aromatic carbocycles. The number of fused-ring (bicyclic) bond motifs is 5. The maximum absolute atomic E-state index is 14.5. The van der Waals surface area contributed by atoms with Crippen LogP contribution in [0.4, 0.5) is 22.1 Å². The minimum atomic E-state index is -1.89. The fourth-order valence-electron chi connectivity index (χ4n) is 17.6. The van der Waals surface area contributed by atoms with E-state index in [2.05, 4.69) is 113 Å². The quantitative estimate of drug-likeness (QED) is 0.00759. The average molecular weight is 2110 g/mol. The molecule has 4 bridgehead atoms. The fraction of sp³-hybridized carbons (Fsp3) is 0.468. The van der Waals surface area contributed by atoms with Crippen molar-refractivity contribution in [1.82, 2.24) is 65.5 Å². The van der Waals surface area contributed by atoms with Gasteiger partial charge in [-0.1, -0.05) is 201 Å². The predicted octanol–water partition coefficient (Wildman–Crippen LogP) is 15.9. The van der Waals surface area contributed by atoms with Gasteiger partial charge in [-0.05, 0) is 146 Å². The van der Waals surface area contributed by atoms with Crippen molar-refractivity contribution in [2.75, 3.05) is 108 Å². The molecule has 0 aliphatic carbocycles. The van der Waals surface area contributed by atoms with Gasteiger partial charge in [-0.25, -0.2) is 29.5 Å². The van der Waals surface area contributed by atoms with Crippen molar-refractivity contribution in [3.8, 4) is 22.6 Å². The second kappa shape index (κ2) is 59.3. The number of likely N-dealkylation sites (N-methyl/N-ethyl adjacent to an activating group) is 1. The highest BCUT2D eigenvalue weighted by Crippen LogP contribution is 2.50. The number of imidazole rings is 2. The number of H-pyrrole nitrogens is 2. The molecular weight excluding hydrogens is 1960 g/mol. The lowest BCUT2D eigenvalue weighted by Gasteiger charge is -2.42. The summed E-state index contributed by atoms with van der Waals surface area (Å²) in [5.41, 5.74) is 7.13. The number of aromatic nitrogens is 6. The molecule has 4 aromatic heterocycles. The highest BCUT2D eigenvalue weighted by atomic mass is 35.5. The van der Waals surface area contributed by atoms with Gasteiger partial charge in [0.25, 0.3) is 0 Å². The van der Waals surface area contributed by atoms with Crippen LogP contribution >= 0.6 is 33.2 Å². The van der Waals surface area contributed by atoms with Gasteiger partial charge >= 0.3 is 12.1 Å². The third kappa shape index (κ3) is 37.0. The van der Waals surface area contributed by atoms with Crippen molar-refractivity contribution in [3.63, 3.8) is 0 Å². The van der Waals surface area contributed by atoms with Crippen LogP contribution in [0.5, 0.6) is 11.5 Å². The maximum Gasteiger partial charge on any atom is 0.409 e. The van der Waals surface area contributed by atoms with Crippen molar-refractivity contribution >= 4 is 104 Å². The number of carbonyl (C=O) groups excluding carboxylic acids is 9. The molecule has 2 fully saturated rings. The number of nitrogens with zero attached hydrogens (tertiary/aromatic N) is 9. The monoisotopic (exact) mass is 2100 g/mol. The van der Waals surface area contributed by atoms with Crippen LogP contribution in [0.3, 0.4) is 0 Å². The van der Waals surface area contributed by atoms with Crippen LogP contribution in [0.1, 0.15) is 188 Å². The Labute approximate surface area is 885 Å². The van der Waals surface area contributed by atoms with E-state index in [9.17, 15) is 48.3 Å². The predicted molar refractivity (Wildman–Crippen MR) is 573 cm³/mol. The third-order valence-electron chi connectivity index (χ3n) is 26.1. The van der Waals surface area contributed by atoms with Gasteiger partial charge < -0.3 is 93.7 Å². The molecule has 0 spiro atoms. The van der Waals surface area contributed by atoms with E-state index in [0.29, 0.717) is 131 Å². The zero-order valence-electron chi connectivity index (χ0n) is 86.9. The summed E-state index contributed by atoms with van der Waals surface area (Å²) in [4.78, 5) is 156. The van der Waals surface area contributed by atoms with Crippen molar-refractivity contribution in [2.24, 2.45) is 5.92 Å². The summed E-state index contributed by atoms with van der Waals surface area (Å²) in [6.07, 6.45) is 15.5. The summed E-state index contributed by atoms with van der Waals surface area (Å²) in [6, 6.07) is 46.0. The molecule has 3 aliphatic heterocycles. The number of epoxide rings is 1. The number of aliphatic hydroxyl groups is 1. The summed E-state index contributed by atoms with van der Waals surface area (Å²) in [6.45, 7) is 15.8. The fourth-order valence-corrected chi connectivity index (χ4v) is 19.9. The number of anilines is 3. The van der Waals surface area contributed by atoms with Crippen LogP contribution < -0.4 is 41.0 Å². The lowest BCUT2D eigenvalue weighted by Crippen LogP contribution is -2.63. The Kier molecular flexibility index (Phi) is 45.9. The van der Waals surface area contributed by atoms with E-state index >= 15 is 0 Å². The van der Waals surface area contributed by atoms with Gasteiger partial charge in [0.1, 0.15) is 83.0 Å². The first kappa shape index (κ1) is 115. The molecule has 9 aromatic rings. The molecule has 0 unspecified atom stereocenters. The van der Waals surface area contributed by atoms with Gasteiger partial charge in [0.05, 0.1) is 82.8 Å². The number of pyridine rings is 2. The molecule has 149 heavy (non-hydrogen) atoms. The lowest BCUT2D eigenvalue weighted by molar-refractivity contribution is -0.162. The molecule has 7 heterocycles. The summed E-state index contributed by atoms with van der Waals surface area (Å²) in [7, 11) is 8.82. The molecule has 38 heteroatoms. The first-order chi connectivity index (χ1) is 72.0. The number of benzene rings is 5. The smallest absolute Gasteiger partial charge is 0.409 e. The number of unbranched alkanes of at least 4 members (excludes halogenated alkanes) is 5. The van der Waals surface area contributed by atoms with E-state index < -0.39 is 65.7 Å². The standard InChI is InChI=1S/C111H143ClN16O19S2/c1-11-13-16-33-100(130)121-95-31-23-28-87(119-95)70-126(72-97-113-45-46-114-97)67-83-58-84(68-127(73-98-115-47-48-116-98)71-88-29-24-32-96(120-88)122-101(131)34-17-14-12-2)60-89(59-83)144-50-21-20-49-128(69-81-39-41-86(42-40-81)85-26-18-15-19-27-85)105(135)75-143-54-52-141-51-53-142-74-102(132)118-66-80-37-35-79(36-38-80)65-117-99(129)43-55-148-149-56-44-103(133)124(7)78(5)108(136)146-94-63-104(134)125(8)90-61-82(62-91(139-9)106(90)112)57-76(3)25-22-30-93(140-10)111(138)64-92(145-109(137)123-111)77(4)107-110(94,6)147-107/h15,18-19,22-32,35-42,45-48,58-62,77-78,92-94,107,138H,11-14,16-17,20-21,33-34,43-44,49-57,63-75H2,1-10H3,(H,113,114)(H,115,116)(H,117,129)(H,118,132)(H,123,137)(H,119,121,130)(H,120,122,131)/b30-22+,76-25+/t77-,78+,92+,93-,94+,107+,110+,111+/m0/s1. The Hall–Kier alpha value is -12.4. The van der Waals surface area contributed by atoms with Gasteiger partial charge in [0.2, 0.25) is 41.4 Å². The topological polar surface area (TPSA) is 420 Å². The number of carbonyl (C=O) groups is 9. The minimum absolute atomic E-state index is 0.0674. The van der Waals surface area contributed by atoms with Gasteiger partial charge in [-0.3, -0.25) is 48.7 Å². The van der Waals surface area contributed by atoms with Crippen molar-refractivity contribution < 1.29 is 90.9 Å². The van der Waals surface area contributed by atoms with Crippen molar-refractivity contribution in [2.45, 2.75) is 239 Å². The second-order valence-corrected chi connectivity index (χ2v) is 41.0. The molecular formula is C111H143ClN16O19S2. The van der Waals surface area contributed by atoms with Crippen molar-refractivity contribution in [1.29, 1.82) is 0 Å². The van der Waals surface area contributed by atoms with E-state index in [0.717, 1.165) is 112 Å². The number of aromatic amines is 2. The van der Waals surface area contributed by atoms with Crippen LogP contribution in [0.15, 0.2) is 194 Å². The number of hydrogen-bond acceptors (Lipinski definition) is 27. The summed E-state index contributed by atoms with van der Waals surface area (Å²) < 4.78 is 53.8. The van der Waals surface area contributed by atoms with E-state index in [1.807, 2.05) is 109 Å². The van der Waals surface area contributed by atoms with Crippen LogP contribution in [0.2, 0.25) is 5.02 Å². The number of hydrogen-bond donors (Lipinski definition) is 8. The van der Waals surface area contributed by atoms with Gasteiger partial charge in [-0.15, -0.1) is 0 Å². The Morgan fingerprint density at radius 3 is 1.81 bits per heavy atom. The Balaban J connectivity index is 0.563.